The number of aliphatic carboxylic acids is 1. The first-order valence-corrected chi connectivity index (χ1v) is 6.42. The van der Waals surface area contributed by atoms with Crippen molar-refractivity contribution in [2.24, 2.45) is 0 Å². The van der Waals surface area contributed by atoms with Gasteiger partial charge in [-0.15, -0.1) is 0 Å². The lowest BCUT2D eigenvalue weighted by atomic mass is 10.1. The SMILES string of the molecule is O=C(NC1CCCC1)N[C@H](Cc1cnc[nH]1)C(=O)O. The van der Waals surface area contributed by atoms with Crippen LogP contribution in [0.15, 0.2) is 12.5 Å². The fraction of sp³-hybridized carbons (Fsp3) is 0.583. The van der Waals surface area contributed by atoms with E-state index in [1.165, 1.54) is 6.33 Å². The van der Waals surface area contributed by atoms with Crippen LogP contribution in [0.3, 0.4) is 0 Å². The van der Waals surface area contributed by atoms with Crippen LogP contribution in [0.1, 0.15) is 31.4 Å². The minimum atomic E-state index is -1.06. The van der Waals surface area contributed by atoms with Crippen molar-refractivity contribution in [3.63, 3.8) is 0 Å². The van der Waals surface area contributed by atoms with Gasteiger partial charge in [0.15, 0.2) is 0 Å². The van der Waals surface area contributed by atoms with E-state index < -0.39 is 18.0 Å². The molecule has 0 bridgehead atoms. The molecule has 1 aromatic rings. The lowest BCUT2D eigenvalue weighted by Crippen LogP contribution is -2.49. The summed E-state index contributed by atoms with van der Waals surface area (Å²) in [6, 6.07) is -1.21. The van der Waals surface area contributed by atoms with Crippen LogP contribution in [-0.2, 0) is 11.2 Å². The van der Waals surface area contributed by atoms with E-state index in [-0.39, 0.29) is 12.5 Å². The molecule has 0 saturated heterocycles. The summed E-state index contributed by atoms with van der Waals surface area (Å²) >= 11 is 0. The fourth-order valence-electron chi connectivity index (χ4n) is 2.27. The third-order valence-electron chi connectivity index (χ3n) is 3.27. The standard InChI is InChI=1S/C12H18N4O3/c17-11(18)10(5-9-6-13-7-14-9)16-12(19)15-8-3-1-2-4-8/h6-8,10H,1-5H2,(H,13,14)(H,17,18)(H2,15,16,19)/t10-/m1/s1. The van der Waals surface area contributed by atoms with Crippen molar-refractivity contribution in [1.82, 2.24) is 20.6 Å². The molecule has 7 nitrogen and oxygen atoms in total. The van der Waals surface area contributed by atoms with Gasteiger partial charge in [0.05, 0.1) is 6.33 Å². The monoisotopic (exact) mass is 266 g/mol. The summed E-state index contributed by atoms with van der Waals surface area (Å²) in [7, 11) is 0. The Hall–Kier alpha value is -2.05. The number of hydrogen-bond donors (Lipinski definition) is 4. The zero-order valence-corrected chi connectivity index (χ0v) is 10.6. The highest BCUT2D eigenvalue weighted by Crippen LogP contribution is 2.17. The number of urea groups is 1. The molecule has 1 aliphatic carbocycles. The summed E-state index contributed by atoms with van der Waals surface area (Å²) in [6.07, 6.45) is 7.37. The van der Waals surface area contributed by atoms with Crippen molar-refractivity contribution < 1.29 is 14.7 Å². The van der Waals surface area contributed by atoms with Crippen molar-refractivity contribution in [2.45, 2.75) is 44.2 Å². The molecule has 0 unspecified atom stereocenters. The maximum Gasteiger partial charge on any atom is 0.326 e. The van der Waals surface area contributed by atoms with Crippen molar-refractivity contribution in [1.29, 1.82) is 0 Å². The molecule has 0 spiro atoms. The molecule has 7 heteroatoms. The minimum absolute atomic E-state index is 0.168. The fourth-order valence-corrected chi connectivity index (χ4v) is 2.27. The quantitative estimate of drug-likeness (QED) is 0.627. The number of amides is 2. The zero-order chi connectivity index (χ0) is 13.7. The number of imidazole rings is 1. The summed E-state index contributed by atoms with van der Waals surface area (Å²) < 4.78 is 0. The van der Waals surface area contributed by atoms with Gasteiger partial charge < -0.3 is 20.7 Å². The maximum absolute atomic E-state index is 11.7. The lowest BCUT2D eigenvalue weighted by Gasteiger charge is -2.17. The highest BCUT2D eigenvalue weighted by Gasteiger charge is 2.23. The summed E-state index contributed by atoms with van der Waals surface area (Å²) in [5, 5.41) is 14.4. The van der Waals surface area contributed by atoms with Gasteiger partial charge in [-0.25, -0.2) is 14.6 Å². The molecule has 1 saturated carbocycles. The number of nitrogens with zero attached hydrogens (tertiary/aromatic N) is 1. The molecule has 0 radical (unpaired) electrons. The van der Waals surface area contributed by atoms with Gasteiger partial charge in [-0.05, 0) is 12.8 Å². The van der Waals surface area contributed by atoms with Gasteiger partial charge in [0, 0.05) is 24.4 Å². The van der Waals surface area contributed by atoms with Gasteiger partial charge in [-0.2, -0.15) is 0 Å². The normalized spacial score (nSPS) is 17.1. The van der Waals surface area contributed by atoms with E-state index in [1.54, 1.807) is 6.20 Å². The Morgan fingerprint density at radius 2 is 2.21 bits per heavy atom. The van der Waals surface area contributed by atoms with Crippen LogP contribution in [0.4, 0.5) is 4.79 Å². The van der Waals surface area contributed by atoms with Crippen molar-refractivity contribution in [3.05, 3.63) is 18.2 Å². The number of rotatable bonds is 5. The second kappa shape index (κ2) is 6.21. The number of hydrogen-bond acceptors (Lipinski definition) is 3. The Morgan fingerprint density at radius 1 is 1.47 bits per heavy atom. The van der Waals surface area contributed by atoms with Crippen LogP contribution in [-0.4, -0.2) is 39.2 Å². The molecule has 1 aliphatic rings. The number of carboxylic acid groups (broad SMARTS) is 1. The average molecular weight is 266 g/mol. The van der Waals surface area contributed by atoms with E-state index in [0.29, 0.717) is 5.69 Å². The third-order valence-corrected chi connectivity index (χ3v) is 3.27. The maximum atomic E-state index is 11.7. The Kier molecular flexibility index (Phi) is 4.38. The molecule has 1 fully saturated rings. The molecule has 1 aromatic heterocycles. The van der Waals surface area contributed by atoms with Crippen molar-refractivity contribution >= 4 is 12.0 Å². The molecule has 0 aromatic carbocycles. The van der Waals surface area contributed by atoms with E-state index in [0.717, 1.165) is 25.7 Å². The Bertz CT molecular complexity index is 426. The summed E-state index contributed by atoms with van der Waals surface area (Å²) in [5.41, 5.74) is 0.675. The van der Waals surface area contributed by atoms with Gasteiger partial charge in [-0.3, -0.25) is 0 Å². The van der Waals surface area contributed by atoms with Crippen LogP contribution >= 0.6 is 0 Å². The molecule has 0 aliphatic heterocycles. The summed E-state index contributed by atoms with van der Waals surface area (Å²) in [5.74, 6) is -1.06. The first kappa shape index (κ1) is 13.4. The molecule has 1 heterocycles. The molecule has 1 atom stereocenters. The number of carboxylic acids is 1. The van der Waals surface area contributed by atoms with Crippen LogP contribution in [0, 0.1) is 0 Å². The van der Waals surface area contributed by atoms with E-state index in [2.05, 4.69) is 20.6 Å². The van der Waals surface area contributed by atoms with Crippen LogP contribution in [0.5, 0.6) is 0 Å². The first-order valence-electron chi connectivity index (χ1n) is 6.42. The lowest BCUT2D eigenvalue weighted by molar-refractivity contribution is -0.139. The number of H-pyrrole nitrogens is 1. The minimum Gasteiger partial charge on any atom is -0.480 e. The predicted octanol–water partition coefficient (Wildman–Crippen LogP) is 0.647. The van der Waals surface area contributed by atoms with Crippen molar-refractivity contribution in [2.75, 3.05) is 0 Å². The van der Waals surface area contributed by atoms with Gasteiger partial charge in [-0.1, -0.05) is 12.8 Å². The number of aromatic amines is 1. The summed E-state index contributed by atoms with van der Waals surface area (Å²) in [6.45, 7) is 0. The Morgan fingerprint density at radius 3 is 2.79 bits per heavy atom. The molecule has 19 heavy (non-hydrogen) atoms. The van der Waals surface area contributed by atoms with E-state index >= 15 is 0 Å². The first-order chi connectivity index (χ1) is 9.15. The second-order valence-corrected chi connectivity index (χ2v) is 4.77. The molecular formula is C12H18N4O3. The van der Waals surface area contributed by atoms with E-state index in [4.69, 9.17) is 5.11 Å². The van der Waals surface area contributed by atoms with Gasteiger partial charge in [0.25, 0.3) is 0 Å². The van der Waals surface area contributed by atoms with Crippen LogP contribution in [0.2, 0.25) is 0 Å². The van der Waals surface area contributed by atoms with E-state index in [1.807, 2.05) is 0 Å². The number of aromatic nitrogens is 2. The van der Waals surface area contributed by atoms with Crippen LogP contribution < -0.4 is 10.6 Å². The Balaban J connectivity index is 1.85. The second-order valence-electron chi connectivity index (χ2n) is 4.77. The zero-order valence-electron chi connectivity index (χ0n) is 10.6. The van der Waals surface area contributed by atoms with Crippen molar-refractivity contribution in [3.8, 4) is 0 Å². The largest absolute Gasteiger partial charge is 0.480 e. The molecule has 104 valence electrons. The highest BCUT2D eigenvalue weighted by molar-refractivity contribution is 5.82. The molecular weight excluding hydrogens is 248 g/mol. The highest BCUT2D eigenvalue weighted by atomic mass is 16.4. The molecule has 2 amide bonds. The third kappa shape index (κ3) is 3.97. The van der Waals surface area contributed by atoms with Gasteiger partial charge in [0.2, 0.25) is 0 Å². The van der Waals surface area contributed by atoms with E-state index in [9.17, 15) is 9.59 Å². The number of nitrogens with one attached hydrogen (secondary N) is 3. The predicted molar refractivity (Wildman–Crippen MR) is 67.6 cm³/mol. The summed E-state index contributed by atoms with van der Waals surface area (Å²) in [4.78, 5) is 29.5. The van der Waals surface area contributed by atoms with Gasteiger partial charge >= 0.3 is 12.0 Å². The molecule has 4 N–H and O–H groups in total. The number of carbonyl (C=O) groups is 2. The average Bonchev–Trinajstić information content (AvgIpc) is 3.00. The van der Waals surface area contributed by atoms with Gasteiger partial charge in [0.1, 0.15) is 6.04 Å². The Labute approximate surface area is 110 Å². The van der Waals surface area contributed by atoms with Crippen LogP contribution in [0.25, 0.3) is 0 Å². The smallest absolute Gasteiger partial charge is 0.326 e. The topological polar surface area (TPSA) is 107 Å². The molecule has 2 rings (SSSR count). The number of carbonyl (C=O) groups excluding carboxylic acids is 1.